The second-order valence-electron chi connectivity index (χ2n) is 6.18. The van der Waals surface area contributed by atoms with Crippen LogP contribution in [-0.4, -0.2) is 28.3 Å². The molecule has 0 heterocycles. The Kier molecular flexibility index (Phi) is 5.70. The topological polar surface area (TPSA) is 75.6 Å². The van der Waals surface area contributed by atoms with Gasteiger partial charge in [-0.05, 0) is 45.4 Å². The molecule has 0 saturated heterocycles. The molecule has 0 bridgehead atoms. The molecular formula is C15H19Cl2NO4. The Morgan fingerprint density at radius 2 is 1.82 bits per heavy atom. The number of hydrogen-bond donors (Lipinski definition) is 2. The number of nitrogens with one attached hydrogen (secondary N) is 1. The highest BCUT2D eigenvalue weighted by Gasteiger charge is 2.37. The van der Waals surface area contributed by atoms with E-state index in [0.29, 0.717) is 15.6 Å². The van der Waals surface area contributed by atoms with Crippen LogP contribution in [0.3, 0.4) is 0 Å². The van der Waals surface area contributed by atoms with Gasteiger partial charge >= 0.3 is 12.1 Å². The minimum Gasteiger partial charge on any atom is -0.480 e. The van der Waals surface area contributed by atoms with Crippen LogP contribution in [0.1, 0.15) is 33.3 Å². The van der Waals surface area contributed by atoms with Crippen molar-refractivity contribution in [1.82, 2.24) is 5.32 Å². The third kappa shape index (κ3) is 5.39. The molecule has 0 aliphatic rings. The van der Waals surface area contributed by atoms with Gasteiger partial charge in [0.05, 0.1) is 0 Å². The van der Waals surface area contributed by atoms with Crippen molar-refractivity contribution in [3.63, 3.8) is 0 Å². The van der Waals surface area contributed by atoms with Crippen molar-refractivity contribution in [3.8, 4) is 0 Å². The Labute approximate surface area is 139 Å². The molecular weight excluding hydrogens is 329 g/mol. The Morgan fingerprint density at radius 3 is 2.27 bits per heavy atom. The molecule has 2 N–H and O–H groups in total. The minimum atomic E-state index is -1.56. The highest BCUT2D eigenvalue weighted by molar-refractivity contribution is 6.35. The fraction of sp³-hybridized carbons (Fsp3) is 0.467. The molecule has 0 aliphatic carbocycles. The molecule has 0 radical (unpaired) electrons. The summed E-state index contributed by atoms with van der Waals surface area (Å²) in [6.07, 6.45) is -0.806. The molecule has 1 aromatic rings. The average molecular weight is 348 g/mol. The van der Waals surface area contributed by atoms with E-state index in [2.05, 4.69) is 5.32 Å². The van der Waals surface area contributed by atoms with Gasteiger partial charge in [0.15, 0.2) is 0 Å². The molecule has 22 heavy (non-hydrogen) atoms. The maximum atomic E-state index is 11.9. The number of carboxylic acid groups (broad SMARTS) is 1. The molecule has 1 aromatic carbocycles. The maximum Gasteiger partial charge on any atom is 0.408 e. The summed E-state index contributed by atoms with van der Waals surface area (Å²) >= 11 is 11.9. The minimum absolute atomic E-state index is 0.00240. The van der Waals surface area contributed by atoms with Crippen molar-refractivity contribution in [1.29, 1.82) is 0 Å². The number of carboxylic acids is 1. The van der Waals surface area contributed by atoms with E-state index in [1.54, 1.807) is 32.9 Å². The molecule has 0 aliphatic heterocycles. The summed E-state index contributed by atoms with van der Waals surface area (Å²) in [5, 5.41) is 12.6. The molecule has 0 aromatic heterocycles. The molecule has 1 unspecified atom stereocenters. The van der Waals surface area contributed by atoms with Crippen molar-refractivity contribution >= 4 is 35.3 Å². The average Bonchev–Trinajstić information content (AvgIpc) is 2.30. The Balaban J connectivity index is 2.96. The molecule has 0 spiro atoms. The predicted octanol–water partition coefficient (Wildman–Crippen LogP) is 3.90. The summed E-state index contributed by atoms with van der Waals surface area (Å²) in [4.78, 5) is 23.4. The van der Waals surface area contributed by atoms with Gasteiger partial charge in [-0.25, -0.2) is 9.59 Å². The van der Waals surface area contributed by atoms with Gasteiger partial charge in [-0.1, -0.05) is 29.3 Å². The third-order valence-corrected chi connectivity index (χ3v) is 3.39. The number of halogens is 2. The number of alkyl carbamates (subject to hydrolysis) is 1. The van der Waals surface area contributed by atoms with E-state index < -0.39 is 23.2 Å². The smallest absolute Gasteiger partial charge is 0.408 e. The van der Waals surface area contributed by atoms with Crippen LogP contribution in [0.4, 0.5) is 4.79 Å². The van der Waals surface area contributed by atoms with Crippen LogP contribution in [0, 0.1) is 0 Å². The third-order valence-electron chi connectivity index (χ3n) is 2.81. The number of aliphatic carboxylic acids is 1. The first-order valence-corrected chi connectivity index (χ1v) is 7.37. The van der Waals surface area contributed by atoms with Gasteiger partial charge in [0.1, 0.15) is 11.1 Å². The van der Waals surface area contributed by atoms with Crippen LogP contribution >= 0.6 is 23.2 Å². The number of benzene rings is 1. The van der Waals surface area contributed by atoms with Crippen LogP contribution in [-0.2, 0) is 16.0 Å². The number of carbonyl (C=O) groups excluding carboxylic acids is 1. The summed E-state index contributed by atoms with van der Waals surface area (Å²) in [6.45, 7) is 6.48. The number of ether oxygens (including phenoxy) is 1. The number of rotatable bonds is 4. The first kappa shape index (κ1) is 18.6. The van der Waals surface area contributed by atoms with Crippen molar-refractivity contribution in [2.75, 3.05) is 0 Å². The summed E-state index contributed by atoms with van der Waals surface area (Å²) in [7, 11) is 0. The fourth-order valence-corrected chi connectivity index (χ4v) is 2.22. The van der Waals surface area contributed by atoms with Crippen molar-refractivity contribution in [3.05, 3.63) is 33.8 Å². The lowest BCUT2D eigenvalue weighted by molar-refractivity contribution is -0.144. The summed E-state index contributed by atoms with van der Waals surface area (Å²) in [5.74, 6) is -1.19. The van der Waals surface area contributed by atoms with E-state index in [1.807, 2.05) is 0 Å². The number of carbonyl (C=O) groups is 2. The lowest BCUT2D eigenvalue weighted by Crippen LogP contribution is -2.54. The Hall–Kier alpha value is -1.46. The van der Waals surface area contributed by atoms with E-state index >= 15 is 0 Å². The van der Waals surface area contributed by atoms with Crippen LogP contribution < -0.4 is 5.32 Å². The standard InChI is InChI=1S/C15H19Cl2NO4/c1-14(2,3)22-13(21)18-15(4,12(19)20)8-9-5-6-10(16)7-11(9)17/h5-7H,8H2,1-4H3,(H,18,21)(H,19,20). The first-order valence-electron chi connectivity index (χ1n) is 6.61. The van der Waals surface area contributed by atoms with E-state index in [-0.39, 0.29) is 6.42 Å². The molecule has 1 amide bonds. The SMILES string of the molecule is CC(C)(C)OC(=O)NC(C)(Cc1ccc(Cl)cc1Cl)C(=O)O. The van der Waals surface area contributed by atoms with Crippen molar-refractivity contribution in [2.24, 2.45) is 0 Å². The normalized spacial score (nSPS) is 14.1. The lowest BCUT2D eigenvalue weighted by Gasteiger charge is -2.28. The van der Waals surface area contributed by atoms with Gasteiger partial charge in [0, 0.05) is 16.5 Å². The van der Waals surface area contributed by atoms with Crippen LogP contribution in [0.25, 0.3) is 0 Å². The Bertz CT molecular complexity index is 583. The lowest BCUT2D eigenvalue weighted by atomic mass is 9.93. The van der Waals surface area contributed by atoms with E-state index in [4.69, 9.17) is 27.9 Å². The second kappa shape index (κ2) is 6.75. The van der Waals surface area contributed by atoms with Crippen LogP contribution in [0.2, 0.25) is 10.0 Å². The maximum absolute atomic E-state index is 11.9. The van der Waals surface area contributed by atoms with Gasteiger partial charge < -0.3 is 15.2 Å². The van der Waals surface area contributed by atoms with E-state index in [1.165, 1.54) is 13.0 Å². The largest absolute Gasteiger partial charge is 0.480 e. The molecule has 0 saturated carbocycles. The first-order chi connectivity index (χ1) is 9.93. The Morgan fingerprint density at radius 1 is 1.23 bits per heavy atom. The molecule has 7 heteroatoms. The van der Waals surface area contributed by atoms with Crippen molar-refractivity contribution in [2.45, 2.75) is 45.3 Å². The predicted molar refractivity (Wildman–Crippen MR) is 85.6 cm³/mol. The highest BCUT2D eigenvalue weighted by atomic mass is 35.5. The zero-order chi connectivity index (χ0) is 17.1. The summed E-state index contributed by atoms with van der Waals surface area (Å²) < 4.78 is 5.10. The van der Waals surface area contributed by atoms with Gasteiger partial charge in [-0.3, -0.25) is 0 Å². The fourth-order valence-electron chi connectivity index (χ4n) is 1.75. The molecule has 1 atom stereocenters. The zero-order valence-corrected chi connectivity index (χ0v) is 14.4. The molecule has 1 rings (SSSR count). The zero-order valence-electron chi connectivity index (χ0n) is 12.9. The van der Waals surface area contributed by atoms with Gasteiger partial charge in [-0.2, -0.15) is 0 Å². The summed E-state index contributed by atoms with van der Waals surface area (Å²) in [6, 6.07) is 4.76. The monoisotopic (exact) mass is 347 g/mol. The van der Waals surface area contributed by atoms with Gasteiger partial charge in [-0.15, -0.1) is 0 Å². The second-order valence-corrected chi connectivity index (χ2v) is 7.02. The van der Waals surface area contributed by atoms with Crippen LogP contribution in [0.15, 0.2) is 18.2 Å². The van der Waals surface area contributed by atoms with Crippen molar-refractivity contribution < 1.29 is 19.4 Å². The summed E-state index contributed by atoms with van der Waals surface area (Å²) in [5.41, 5.74) is -1.71. The highest BCUT2D eigenvalue weighted by Crippen LogP contribution is 2.25. The van der Waals surface area contributed by atoms with Gasteiger partial charge in [0.2, 0.25) is 0 Å². The molecule has 122 valence electrons. The number of amides is 1. The van der Waals surface area contributed by atoms with E-state index in [0.717, 1.165) is 0 Å². The number of hydrogen-bond acceptors (Lipinski definition) is 3. The quantitative estimate of drug-likeness (QED) is 0.865. The molecule has 0 fully saturated rings. The van der Waals surface area contributed by atoms with Gasteiger partial charge in [0.25, 0.3) is 0 Å². The van der Waals surface area contributed by atoms with Crippen LogP contribution in [0.5, 0.6) is 0 Å². The van der Waals surface area contributed by atoms with E-state index in [9.17, 15) is 14.7 Å². The molecule has 5 nitrogen and oxygen atoms in total.